The van der Waals surface area contributed by atoms with Gasteiger partial charge in [-0.2, -0.15) is 0 Å². The van der Waals surface area contributed by atoms with Crippen LogP contribution in [0.4, 0.5) is 0 Å². The second-order valence-corrected chi connectivity index (χ2v) is 8.19. The van der Waals surface area contributed by atoms with E-state index in [-0.39, 0.29) is 25.4 Å². The van der Waals surface area contributed by atoms with E-state index in [1.165, 1.54) is 0 Å². The average molecular weight is 434 g/mol. The molecule has 9 heteroatoms. The molecule has 2 atom stereocenters. The number of phosphoric ester groups is 1. The molecule has 168 valence electrons. The number of hydrogen-bond acceptors (Lipinski definition) is 7. The molecule has 0 heterocycles. The Morgan fingerprint density at radius 2 is 1.21 bits per heavy atom. The Hall–Kier alpha value is -1.47. The molecule has 0 aliphatic rings. The highest BCUT2D eigenvalue weighted by Gasteiger charge is 2.20. The van der Waals surface area contributed by atoms with E-state index in [0.717, 1.165) is 37.8 Å². The minimum Gasteiger partial charge on any atom is -0.460 e. The third-order valence-electron chi connectivity index (χ3n) is 3.99. The highest BCUT2D eigenvalue weighted by atomic mass is 31.2. The molecule has 0 saturated carbocycles. The molecule has 8 nitrogen and oxygen atoms in total. The van der Waals surface area contributed by atoms with E-state index in [1.54, 1.807) is 0 Å². The van der Waals surface area contributed by atoms with Crippen LogP contribution in [0, 0.1) is 0 Å². The number of ether oxygens (including phenoxy) is 2. The molecule has 0 aliphatic carbocycles. The second-order valence-electron chi connectivity index (χ2n) is 6.74. The molecule has 2 unspecified atom stereocenters. The van der Waals surface area contributed by atoms with Gasteiger partial charge in [-0.15, -0.1) is 0 Å². The fraction of sp³-hybridized carbons (Fsp3) is 0.700. The zero-order valence-corrected chi connectivity index (χ0v) is 18.4. The second kappa shape index (κ2) is 16.3. The molecule has 0 aromatic rings. The Morgan fingerprint density at radius 1 is 0.828 bits per heavy atom. The molecule has 0 aromatic carbocycles. The molecule has 0 radical (unpaired) electrons. The molecule has 0 fully saturated rings. The summed E-state index contributed by atoms with van der Waals surface area (Å²) in [6, 6.07) is 0. The van der Waals surface area contributed by atoms with Gasteiger partial charge in [0, 0.05) is 12.2 Å². The molecular weight excluding hydrogens is 399 g/mol. The molecule has 0 bridgehead atoms. The predicted octanol–water partition coefficient (Wildman–Crippen LogP) is 4.48. The van der Waals surface area contributed by atoms with Crippen molar-refractivity contribution in [3.8, 4) is 0 Å². The summed E-state index contributed by atoms with van der Waals surface area (Å²) in [4.78, 5) is 31.7. The van der Waals surface area contributed by atoms with Gasteiger partial charge in [-0.25, -0.2) is 14.2 Å². The highest BCUT2D eigenvalue weighted by Crippen LogP contribution is 2.43. The first-order chi connectivity index (χ1) is 13.7. The lowest BCUT2D eigenvalue weighted by molar-refractivity contribution is -0.143. The summed E-state index contributed by atoms with van der Waals surface area (Å²) in [6.45, 7) is 10.5. The van der Waals surface area contributed by atoms with Crippen molar-refractivity contribution in [3.05, 3.63) is 25.3 Å². The largest absolute Gasteiger partial charge is 0.472 e. The van der Waals surface area contributed by atoms with Crippen LogP contribution in [0.1, 0.15) is 65.2 Å². The third-order valence-corrected chi connectivity index (χ3v) is 5.00. The molecular formula is C20H35O8P. The lowest BCUT2D eigenvalue weighted by atomic mass is 10.1. The monoisotopic (exact) mass is 434 g/mol. The summed E-state index contributed by atoms with van der Waals surface area (Å²) in [5.41, 5.74) is 0. The van der Waals surface area contributed by atoms with Crippen molar-refractivity contribution in [1.29, 1.82) is 0 Å². The van der Waals surface area contributed by atoms with Crippen molar-refractivity contribution in [2.45, 2.75) is 77.4 Å². The summed E-state index contributed by atoms with van der Waals surface area (Å²) in [6.07, 6.45) is 7.70. The summed E-state index contributed by atoms with van der Waals surface area (Å²) < 4.78 is 31.8. The molecule has 0 rings (SSSR count). The van der Waals surface area contributed by atoms with Gasteiger partial charge in [-0.05, 0) is 52.4 Å². The fourth-order valence-corrected chi connectivity index (χ4v) is 3.22. The van der Waals surface area contributed by atoms with Gasteiger partial charge in [-0.1, -0.05) is 26.0 Å². The summed E-state index contributed by atoms with van der Waals surface area (Å²) in [7, 11) is -4.03. The lowest BCUT2D eigenvalue weighted by Gasteiger charge is -2.14. The van der Waals surface area contributed by atoms with Gasteiger partial charge < -0.3 is 14.4 Å². The van der Waals surface area contributed by atoms with E-state index in [4.69, 9.17) is 18.5 Å². The number of hydrogen-bond donors (Lipinski definition) is 1. The van der Waals surface area contributed by atoms with Crippen molar-refractivity contribution in [3.63, 3.8) is 0 Å². The maximum absolute atomic E-state index is 11.8. The van der Waals surface area contributed by atoms with Crippen LogP contribution in [0.25, 0.3) is 0 Å². The predicted molar refractivity (Wildman–Crippen MR) is 110 cm³/mol. The van der Waals surface area contributed by atoms with E-state index >= 15 is 0 Å². The minimum absolute atomic E-state index is 0.126. The van der Waals surface area contributed by atoms with Crippen LogP contribution in [0.5, 0.6) is 0 Å². The smallest absolute Gasteiger partial charge is 0.460 e. The van der Waals surface area contributed by atoms with Crippen LogP contribution in [-0.4, -0.2) is 42.3 Å². The van der Waals surface area contributed by atoms with Gasteiger partial charge in [-0.3, -0.25) is 9.05 Å². The van der Waals surface area contributed by atoms with Crippen LogP contribution in [0.3, 0.4) is 0 Å². The molecule has 0 aromatic heterocycles. The lowest BCUT2D eigenvalue weighted by Crippen LogP contribution is -2.12. The standard InChI is InChI=1S/C20H35O8P/c1-5-19(21)27-17(3)13-9-7-11-15-25-29(23,24)26-16-12-8-10-14-18(4)28-20(22)6-2/h5-6,17-18H,1-2,7-16H2,3-4H3,(H,23,24). The molecule has 0 saturated heterocycles. The van der Waals surface area contributed by atoms with E-state index in [2.05, 4.69) is 13.2 Å². The van der Waals surface area contributed by atoms with Crippen LogP contribution in [0.2, 0.25) is 0 Å². The SMILES string of the molecule is C=CC(=O)OC(C)CCCCCOP(=O)(O)OCCCCCC(C)OC(=O)C=C. The number of rotatable bonds is 18. The molecule has 0 aliphatic heterocycles. The van der Waals surface area contributed by atoms with Gasteiger partial charge in [0.05, 0.1) is 25.4 Å². The quantitative estimate of drug-likeness (QED) is 0.146. The average Bonchev–Trinajstić information content (AvgIpc) is 2.66. The van der Waals surface area contributed by atoms with E-state index in [9.17, 15) is 19.0 Å². The Kier molecular flexibility index (Phi) is 15.5. The van der Waals surface area contributed by atoms with Crippen LogP contribution in [-0.2, 0) is 32.7 Å². The number of carbonyl (C=O) groups excluding carboxylic acids is 2. The first-order valence-corrected chi connectivity index (χ1v) is 11.5. The van der Waals surface area contributed by atoms with Crippen LogP contribution in [0.15, 0.2) is 25.3 Å². The molecule has 0 spiro atoms. The molecule has 1 N–H and O–H groups in total. The maximum Gasteiger partial charge on any atom is 0.472 e. The van der Waals surface area contributed by atoms with Crippen LogP contribution >= 0.6 is 7.82 Å². The van der Waals surface area contributed by atoms with Gasteiger partial charge >= 0.3 is 19.8 Å². The number of phosphoric acid groups is 1. The minimum atomic E-state index is -4.03. The van der Waals surface area contributed by atoms with E-state index < -0.39 is 19.8 Å². The summed E-state index contributed by atoms with van der Waals surface area (Å²) in [5, 5.41) is 0. The van der Waals surface area contributed by atoms with E-state index in [0.29, 0.717) is 25.7 Å². The van der Waals surface area contributed by atoms with Gasteiger partial charge in [0.2, 0.25) is 0 Å². The Morgan fingerprint density at radius 3 is 1.55 bits per heavy atom. The first kappa shape index (κ1) is 27.5. The third kappa shape index (κ3) is 17.1. The summed E-state index contributed by atoms with van der Waals surface area (Å²) >= 11 is 0. The van der Waals surface area contributed by atoms with Gasteiger partial charge in [0.25, 0.3) is 0 Å². The zero-order valence-electron chi connectivity index (χ0n) is 17.5. The van der Waals surface area contributed by atoms with Crippen molar-refractivity contribution in [2.75, 3.05) is 13.2 Å². The van der Waals surface area contributed by atoms with Gasteiger partial charge in [0.1, 0.15) is 0 Å². The Labute approximate surface area is 173 Å². The van der Waals surface area contributed by atoms with Crippen molar-refractivity contribution >= 4 is 19.8 Å². The normalized spacial score (nSPS) is 15.0. The Bertz CT molecular complexity index is 505. The topological polar surface area (TPSA) is 108 Å². The van der Waals surface area contributed by atoms with E-state index in [1.807, 2.05) is 13.8 Å². The van der Waals surface area contributed by atoms with Crippen molar-refractivity contribution < 1.29 is 37.6 Å². The molecule has 0 amide bonds. The van der Waals surface area contributed by atoms with Crippen LogP contribution < -0.4 is 0 Å². The summed E-state index contributed by atoms with van der Waals surface area (Å²) in [5.74, 6) is -0.880. The Balaban J connectivity index is 3.65. The fourth-order valence-electron chi connectivity index (χ4n) is 2.43. The van der Waals surface area contributed by atoms with Crippen molar-refractivity contribution in [1.82, 2.24) is 0 Å². The zero-order chi connectivity index (χ0) is 22.1. The van der Waals surface area contributed by atoms with Gasteiger partial charge in [0.15, 0.2) is 0 Å². The first-order valence-electron chi connectivity index (χ1n) is 9.98. The molecule has 29 heavy (non-hydrogen) atoms. The number of unbranched alkanes of at least 4 members (excludes halogenated alkanes) is 4. The highest BCUT2D eigenvalue weighted by molar-refractivity contribution is 7.47. The maximum atomic E-state index is 11.8. The number of carbonyl (C=O) groups is 2. The van der Waals surface area contributed by atoms with Crippen molar-refractivity contribution in [2.24, 2.45) is 0 Å². The number of esters is 2.